The Balaban J connectivity index is 1.51. The maximum atomic E-state index is 6.57. The molecule has 2 heterocycles. The predicted octanol–water partition coefficient (Wildman–Crippen LogP) is 1.87. The first kappa shape index (κ1) is 13.8. The van der Waals surface area contributed by atoms with Crippen LogP contribution in [0.15, 0.2) is 24.4 Å². The molecule has 2 fully saturated rings. The van der Waals surface area contributed by atoms with Crippen molar-refractivity contribution in [1.29, 1.82) is 0 Å². The molecule has 1 aliphatic carbocycles. The summed E-state index contributed by atoms with van der Waals surface area (Å²) in [4.78, 5) is 9.36. The number of aromatic nitrogens is 1. The second-order valence-electron chi connectivity index (χ2n) is 6.37. The first-order valence-electron chi connectivity index (χ1n) is 7.92. The van der Waals surface area contributed by atoms with Gasteiger partial charge in [0.05, 0.1) is 0 Å². The maximum absolute atomic E-state index is 6.57. The quantitative estimate of drug-likeness (QED) is 0.914. The molecule has 2 N–H and O–H groups in total. The molecule has 20 heavy (non-hydrogen) atoms. The lowest BCUT2D eigenvalue weighted by Gasteiger charge is -2.42. The number of nitrogens with two attached hydrogens (primary N) is 1. The molecule has 110 valence electrons. The van der Waals surface area contributed by atoms with E-state index < -0.39 is 0 Å². The van der Waals surface area contributed by atoms with Crippen LogP contribution in [0.3, 0.4) is 0 Å². The standard InChI is InChI=1S/C16H26N4/c17-16(7-3-1-4-8-16)14-19-10-12-20(13-11-19)15-6-2-5-9-18-15/h2,5-6,9H,1,3-4,7-8,10-14,17H2. The third-order valence-electron chi connectivity index (χ3n) is 4.73. The summed E-state index contributed by atoms with van der Waals surface area (Å²) in [5, 5.41) is 0. The summed E-state index contributed by atoms with van der Waals surface area (Å²) in [7, 11) is 0. The van der Waals surface area contributed by atoms with Gasteiger partial charge in [-0.1, -0.05) is 25.3 Å². The molecule has 3 rings (SSSR count). The van der Waals surface area contributed by atoms with Gasteiger partial charge in [0.2, 0.25) is 0 Å². The van der Waals surface area contributed by atoms with Gasteiger partial charge in [0.25, 0.3) is 0 Å². The van der Waals surface area contributed by atoms with Crippen LogP contribution in [0.2, 0.25) is 0 Å². The smallest absolute Gasteiger partial charge is 0.128 e. The molecule has 0 unspecified atom stereocenters. The summed E-state index contributed by atoms with van der Waals surface area (Å²) in [6, 6.07) is 6.13. The van der Waals surface area contributed by atoms with Gasteiger partial charge in [-0.2, -0.15) is 0 Å². The zero-order valence-electron chi connectivity index (χ0n) is 12.3. The SMILES string of the molecule is NC1(CN2CCN(c3ccccn3)CC2)CCCCC1. The lowest BCUT2D eigenvalue weighted by molar-refractivity contribution is 0.165. The molecule has 1 aromatic heterocycles. The van der Waals surface area contributed by atoms with E-state index >= 15 is 0 Å². The third kappa shape index (κ3) is 3.30. The molecule has 1 aliphatic heterocycles. The number of hydrogen-bond donors (Lipinski definition) is 1. The van der Waals surface area contributed by atoms with E-state index in [1.54, 1.807) is 0 Å². The Labute approximate surface area is 122 Å². The molecular weight excluding hydrogens is 248 g/mol. The second kappa shape index (κ2) is 6.10. The van der Waals surface area contributed by atoms with E-state index in [9.17, 15) is 0 Å². The predicted molar refractivity (Wildman–Crippen MR) is 82.9 cm³/mol. The van der Waals surface area contributed by atoms with Crippen molar-refractivity contribution >= 4 is 5.82 Å². The summed E-state index contributed by atoms with van der Waals surface area (Å²) in [5.41, 5.74) is 6.64. The minimum Gasteiger partial charge on any atom is -0.354 e. The number of nitrogens with zero attached hydrogens (tertiary/aromatic N) is 3. The second-order valence-corrected chi connectivity index (χ2v) is 6.37. The molecule has 0 amide bonds. The van der Waals surface area contributed by atoms with Crippen LogP contribution < -0.4 is 10.6 Å². The van der Waals surface area contributed by atoms with Crippen molar-refractivity contribution in [2.45, 2.75) is 37.6 Å². The van der Waals surface area contributed by atoms with Crippen molar-refractivity contribution in [1.82, 2.24) is 9.88 Å². The minimum absolute atomic E-state index is 0.0748. The average Bonchev–Trinajstić information content (AvgIpc) is 2.49. The summed E-state index contributed by atoms with van der Waals surface area (Å²) < 4.78 is 0. The van der Waals surface area contributed by atoms with Gasteiger partial charge in [-0.05, 0) is 25.0 Å². The molecule has 1 saturated carbocycles. The van der Waals surface area contributed by atoms with Gasteiger partial charge < -0.3 is 10.6 Å². The summed E-state index contributed by atoms with van der Waals surface area (Å²) in [6.07, 6.45) is 8.26. The van der Waals surface area contributed by atoms with Crippen molar-refractivity contribution in [3.8, 4) is 0 Å². The molecule has 0 spiro atoms. The van der Waals surface area contributed by atoms with Crippen LogP contribution in [-0.4, -0.2) is 48.1 Å². The molecule has 1 saturated heterocycles. The van der Waals surface area contributed by atoms with E-state index in [2.05, 4.69) is 26.9 Å². The zero-order chi connectivity index (χ0) is 13.8. The van der Waals surface area contributed by atoms with Gasteiger partial charge in [0, 0.05) is 44.5 Å². The Morgan fingerprint density at radius 1 is 1.05 bits per heavy atom. The Morgan fingerprint density at radius 3 is 2.45 bits per heavy atom. The molecule has 0 radical (unpaired) electrons. The number of piperazine rings is 1. The van der Waals surface area contributed by atoms with E-state index in [-0.39, 0.29) is 5.54 Å². The Kier molecular flexibility index (Phi) is 4.22. The van der Waals surface area contributed by atoms with E-state index in [4.69, 9.17) is 5.73 Å². The summed E-state index contributed by atoms with van der Waals surface area (Å²) in [6.45, 7) is 5.41. The van der Waals surface area contributed by atoms with Crippen molar-refractivity contribution < 1.29 is 0 Å². The van der Waals surface area contributed by atoms with Crippen LogP contribution in [0.4, 0.5) is 5.82 Å². The van der Waals surface area contributed by atoms with Crippen molar-refractivity contribution in [3.05, 3.63) is 24.4 Å². The molecule has 0 bridgehead atoms. The van der Waals surface area contributed by atoms with Crippen LogP contribution in [-0.2, 0) is 0 Å². The first-order chi connectivity index (χ1) is 9.75. The van der Waals surface area contributed by atoms with Gasteiger partial charge in [-0.25, -0.2) is 4.98 Å². The van der Waals surface area contributed by atoms with Crippen LogP contribution in [0.25, 0.3) is 0 Å². The highest BCUT2D eigenvalue weighted by Gasteiger charge is 2.30. The Morgan fingerprint density at radius 2 is 1.80 bits per heavy atom. The van der Waals surface area contributed by atoms with E-state index in [0.717, 1.165) is 38.5 Å². The van der Waals surface area contributed by atoms with Crippen molar-refractivity contribution in [2.24, 2.45) is 5.73 Å². The van der Waals surface area contributed by atoms with E-state index in [1.807, 2.05) is 12.3 Å². The van der Waals surface area contributed by atoms with Crippen LogP contribution in [0.1, 0.15) is 32.1 Å². The first-order valence-corrected chi connectivity index (χ1v) is 7.92. The highest BCUT2D eigenvalue weighted by atomic mass is 15.3. The largest absolute Gasteiger partial charge is 0.354 e. The van der Waals surface area contributed by atoms with E-state index in [1.165, 1.54) is 32.1 Å². The highest BCUT2D eigenvalue weighted by molar-refractivity contribution is 5.38. The van der Waals surface area contributed by atoms with Gasteiger partial charge in [0.15, 0.2) is 0 Å². The fraction of sp³-hybridized carbons (Fsp3) is 0.688. The fourth-order valence-electron chi connectivity index (χ4n) is 3.54. The average molecular weight is 274 g/mol. The Hall–Kier alpha value is -1.13. The van der Waals surface area contributed by atoms with Crippen LogP contribution in [0, 0.1) is 0 Å². The molecule has 0 atom stereocenters. The summed E-state index contributed by atoms with van der Waals surface area (Å²) in [5.74, 6) is 1.10. The van der Waals surface area contributed by atoms with E-state index in [0.29, 0.717) is 0 Å². The van der Waals surface area contributed by atoms with Gasteiger partial charge in [0.1, 0.15) is 5.82 Å². The Bertz CT molecular complexity index is 406. The molecule has 4 nitrogen and oxygen atoms in total. The lowest BCUT2D eigenvalue weighted by Crippen LogP contribution is -2.56. The number of hydrogen-bond acceptors (Lipinski definition) is 4. The summed E-state index contributed by atoms with van der Waals surface area (Å²) >= 11 is 0. The fourth-order valence-corrected chi connectivity index (χ4v) is 3.54. The third-order valence-corrected chi connectivity index (χ3v) is 4.73. The van der Waals surface area contributed by atoms with Crippen molar-refractivity contribution in [2.75, 3.05) is 37.6 Å². The normalized spacial score (nSPS) is 23.8. The minimum atomic E-state index is 0.0748. The number of rotatable bonds is 3. The van der Waals surface area contributed by atoms with Gasteiger partial charge in [-0.15, -0.1) is 0 Å². The molecular formula is C16H26N4. The van der Waals surface area contributed by atoms with Crippen molar-refractivity contribution in [3.63, 3.8) is 0 Å². The zero-order valence-corrected chi connectivity index (χ0v) is 12.3. The number of anilines is 1. The lowest BCUT2D eigenvalue weighted by atomic mass is 9.82. The number of pyridine rings is 1. The maximum Gasteiger partial charge on any atom is 0.128 e. The molecule has 2 aliphatic rings. The molecule has 0 aromatic carbocycles. The molecule has 4 heteroatoms. The molecule has 1 aromatic rings. The highest BCUT2D eigenvalue weighted by Crippen LogP contribution is 2.27. The van der Waals surface area contributed by atoms with Gasteiger partial charge >= 0.3 is 0 Å². The van der Waals surface area contributed by atoms with Crippen LogP contribution >= 0.6 is 0 Å². The topological polar surface area (TPSA) is 45.4 Å². The van der Waals surface area contributed by atoms with Crippen LogP contribution in [0.5, 0.6) is 0 Å². The van der Waals surface area contributed by atoms with Gasteiger partial charge in [-0.3, -0.25) is 4.90 Å². The monoisotopic (exact) mass is 274 g/mol.